The summed E-state index contributed by atoms with van der Waals surface area (Å²) in [6, 6.07) is 9.26. The molecule has 2 aromatic heterocycles. The zero-order valence-corrected chi connectivity index (χ0v) is 12.2. The van der Waals surface area contributed by atoms with Gasteiger partial charge in [-0.25, -0.2) is 0 Å². The summed E-state index contributed by atoms with van der Waals surface area (Å²) in [5, 5.41) is 14.4. The van der Waals surface area contributed by atoms with Gasteiger partial charge >= 0.3 is 0 Å². The molecule has 0 radical (unpaired) electrons. The van der Waals surface area contributed by atoms with Crippen molar-refractivity contribution < 1.29 is 4.79 Å². The van der Waals surface area contributed by atoms with Gasteiger partial charge in [0, 0.05) is 34.9 Å². The molecule has 1 aliphatic carbocycles. The molecular weight excluding hydrogens is 302 g/mol. The van der Waals surface area contributed by atoms with Crippen molar-refractivity contribution in [2.45, 2.75) is 12.3 Å². The van der Waals surface area contributed by atoms with Crippen LogP contribution in [0.4, 0.5) is 0 Å². The fourth-order valence-electron chi connectivity index (χ4n) is 2.70. The molecule has 3 aromatic rings. The van der Waals surface area contributed by atoms with Crippen LogP contribution < -0.4 is 0 Å². The zero-order chi connectivity index (χ0) is 15.1. The van der Waals surface area contributed by atoms with E-state index in [1.165, 1.54) is 0 Å². The first-order valence-corrected chi connectivity index (χ1v) is 7.32. The molecule has 0 amide bonds. The Bertz CT molecular complexity index is 813. The van der Waals surface area contributed by atoms with E-state index in [0.717, 1.165) is 17.7 Å². The highest BCUT2D eigenvalue weighted by atomic mass is 35.5. The number of benzene rings is 1. The standard InChI is InChI=1S/C15H12ClN5O/c16-12-6-8(3-4-9(12)13-2-1-5-17-13)14(22)10-7-11(10)15-18-20-21-19-15/h1-6,10-11,17H,7H2,(H,18,19,20,21)/t10-,11-/m0/s1. The van der Waals surface area contributed by atoms with E-state index in [1.807, 2.05) is 30.5 Å². The number of carbonyl (C=O) groups excluding carboxylic acids is 1. The number of aromatic amines is 2. The molecule has 110 valence electrons. The number of carbonyl (C=O) groups is 1. The number of halogens is 1. The van der Waals surface area contributed by atoms with Gasteiger partial charge in [0.25, 0.3) is 0 Å². The van der Waals surface area contributed by atoms with Gasteiger partial charge in [-0.1, -0.05) is 28.9 Å². The van der Waals surface area contributed by atoms with E-state index >= 15 is 0 Å². The number of hydrogen-bond donors (Lipinski definition) is 2. The van der Waals surface area contributed by atoms with Crippen molar-refractivity contribution in [1.82, 2.24) is 25.6 Å². The van der Waals surface area contributed by atoms with Gasteiger partial charge in [-0.3, -0.25) is 4.79 Å². The first-order valence-electron chi connectivity index (χ1n) is 6.95. The summed E-state index contributed by atoms with van der Waals surface area (Å²) in [6.45, 7) is 0. The van der Waals surface area contributed by atoms with Crippen LogP contribution in [0.1, 0.15) is 28.5 Å². The fraction of sp³-hybridized carbons (Fsp3) is 0.200. The third-order valence-corrected chi connectivity index (χ3v) is 4.28. The Morgan fingerprint density at radius 3 is 2.91 bits per heavy atom. The molecule has 4 rings (SSSR count). The summed E-state index contributed by atoms with van der Waals surface area (Å²) in [4.78, 5) is 15.6. The Kier molecular flexibility index (Phi) is 3.04. The highest BCUT2D eigenvalue weighted by Crippen LogP contribution is 2.47. The normalized spacial score (nSPS) is 20.0. The van der Waals surface area contributed by atoms with Crippen LogP contribution in [0.25, 0.3) is 11.3 Å². The molecule has 2 N–H and O–H groups in total. The number of aromatic nitrogens is 5. The SMILES string of the molecule is O=C(c1ccc(-c2ccc[nH]2)c(Cl)c1)[C@H]1C[C@@H]1c1nn[nH]n1. The van der Waals surface area contributed by atoms with Crippen LogP contribution in [0.2, 0.25) is 5.02 Å². The quantitative estimate of drug-likeness (QED) is 0.725. The summed E-state index contributed by atoms with van der Waals surface area (Å²) in [5.41, 5.74) is 2.44. The first kappa shape index (κ1) is 13.2. The van der Waals surface area contributed by atoms with Crippen molar-refractivity contribution >= 4 is 17.4 Å². The van der Waals surface area contributed by atoms with E-state index in [2.05, 4.69) is 25.6 Å². The maximum atomic E-state index is 12.5. The van der Waals surface area contributed by atoms with Crippen LogP contribution in [-0.2, 0) is 0 Å². The summed E-state index contributed by atoms with van der Waals surface area (Å²) in [6.07, 6.45) is 2.60. The molecule has 22 heavy (non-hydrogen) atoms. The number of ketones is 1. The number of H-pyrrole nitrogens is 2. The summed E-state index contributed by atoms with van der Waals surface area (Å²) < 4.78 is 0. The predicted molar refractivity (Wildman–Crippen MR) is 80.6 cm³/mol. The Hall–Kier alpha value is -2.47. The molecule has 0 spiro atoms. The van der Waals surface area contributed by atoms with Gasteiger partial charge in [-0.05, 0) is 24.6 Å². The molecule has 0 bridgehead atoms. The largest absolute Gasteiger partial charge is 0.361 e. The first-order chi connectivity index (χ1) is 10.7. The van der Waals surface area contributed by atoms with Crippen molar-refractivity contribution in [2.75, 3.05) is 0 Å². The van der Waals surface area contributed by atoms with Gasteiger partial charge in [0.05, 0.1) is 5.02 Å². The fourth-order valence-corrected chi connectivity index (χ4v) is 2.98. The number of Topliss-reactive ketones (excluding diaryl/α,β-unsaturated/α-hetero) is 1. The van der Waals surface area contributed by atoms with Crippen molar-refractivity contribution in [3.8, 4) is 11.3 Å². The molecule has 0 saturated heterocycles. The van der Waals surface area contributed by atoms with Crippen LogP contribution in [-0.4, -0.2) is 31.4 Å². The Morgan fingerprint density at radius 1 is 1.32 bits per heavy atom. The van der Waals surface area contributed by atoms with Crippen molar-refractivity contribution in [3.63, 3.8) is 0 Å². The second kappa shape index (κ2) is 5.06. The second-order valence-corrected chi connectivity index (χ2v) is 5.77. The summed E-state index contributed by atoms with van der Waals surface area (Å²) in [7, 11) is 0. The van der Waals surface area contributed by atoms with Crippen LogP contribution in [0.15, 0.2) is 36.5 Å². The molecule has 0 aliphatic heterocycles. The molecule has 0 unspecified atom stereocenters. The smallest absolute Gasteiger partial charge is 0.178 e. The van der Waals surface area contributed by atoms with Gasteiger partial charge in [-0.2, -0.15) is 5.21 Å². The van der Waals surface area contributed by atoms with Crippen LogP contribution in [0.3, 0.4) is 0 Å². The van der Waals surface area contributed by atoms with Crippen LogP contribution in [0.5, 0.6) is 0 Å². The number of rotatable bonds is 4. The third kappa shape index (κ3) is 2.21. The van der Waals surface area contributed by atoms with E-state index in [9.17, 15) is 4.79 Å². The van der Waals surface area contributed by atoms with E-state index in [4.69, 9.17) is 11.6 Å². The van der Waals surface area contributed by atoms with Gasteiger partial charge in [0.15, 0.2) is 11.6 Å². The van der Waals surface area contributed by atoms with E-state index in [0.29, 0.717) is 16.4 Å². The minimum Gasteiger partial charge on any atom is -0.361 e. The molecule has 1 aliphatic rings. The van der Waals surface area contributed by atoms with Crippen LogP contribution in [0, 0.1) is 5.92 Å². The highest BCUT2D eigenvalue weighted by molar-refractivity contribution is 6.33. The molecule has 1 saturated carbocycles. The van der Waals surface area contributed by atoms with E-state index in [1.54, 1.807) is 6.07 Å². The molecule has 6 nitrogen and oxygen atoms in total. The average molecular weight is 314 g/mol. The molecule has 1 aromatic carbocycles. The molecule has 7 heteroatoms. The van der Waals surface area contributed by atoms with E-state index in [-0.39, 0.29) is 17.6 Å². The minimum absolute atomic E-state index is 0.0631. The zero-order valence-electron chi connectivity index (χ0n) is 11.5. The average Bonchev–Trinajstić information content (AvgIpc) is 2.97. The lowest BCUT2D eigenvalue weighted by atomic mass is 10.0. The predicted octanol–water partition coefficient (Wildman–Crippen LogP) is 2.83. The summed E-state index contributed by atoms with van der Waals surface area (Å²) >= 11 is 6.31. The monoisotopic (exact) mass is 313 g/mol. The number of tetrazole rings is 1. The number of nitrogens with one attached hydrogen (secondary N) is 2. The number of nitrogens with zero attached hydrogens (tertiary/aromatic N) is 3. The molecule has 2 heterocycles. The summed E-state index contributed by atoms with van der Waals surface area (Å²) in [5.74, 6) is 0.667. The molecular formula is C15H12ClN5O. The van der Waals surface area contributed by atoms with E-state index < -0.39 is 0 Å². The van der Waals surface area contributed by atoms with Crippen LogP contribution >= 0.6 is 11.6 Å². The number of hydrogen-bond acceptors (Lipinski definition) is 4. The second-order valence-electron chi connectivity index (χ2n) is 5.36. The lowest BCUT2D eigenvalue weighted by molar-refractivity contribution is 0.0965. The maximum Gasteiger partial charge on any atom is 0.178 e. The maximum absolute atomic E-state index is 12.5. The van der Waals surface area contributed by atoms with Gasteiger partial charge in [-0.15, -0.1) is 10.2 Å². The third-order valence-electron chi connectivity index (χ3n) is 3.96. The van der Waals surface area contributed by atoms with Gasteiger partial charge < -0.3 is 4.98 Å². The lowest BCUT2D eigenvalue weighted by Crippen LogP contribution is -2.04. The van der Waals surface area contributed by atoms with Gasteiger partial charge in [0.2, 0.25) is 0 Å². The minimum atomic E-state index is -0.0787. The van der Waals surface area contributed by atoms with Crippen molar-refractivity contribution in [1.29, 1.82) is 0 Å². The van der Waals surface area contributed by atoms with Gasteiger partial charge in [0.1, 0.15) is 0 Å². The molecule has 2 atom stereocenters. The topological polar surface area (TPSA) is 87.3 Å². The van der Waals surface area contributed by atoms with Crippen molar-refractivity contribution in [3.05, 3.63) is 52.9 Å². The Morgan fingerprint density at radius 2 is 2.23 bits per heavy atom. The Balaban J connectivity index is 1.56. The van der Waals surface area contributed by atoms with Crippen molar-refractivity contribution in [2.24, 2.45) is 5.92 Å². The lowest BCUT2D eigenvalue weighted by Gasteiger charge is -2.05. The highest BCUT2D eigenvalue weighted by Gasteiger charge is 2.46. The molecule has 1 fully saturated rings. The Labute approximate surface area is 130 Å².